The molecule has 0 saturated heterocycles. The third-order valence-electron chi connectivity index (χ3n) is 1.81. The summed E-state index contributed by atoms with van der Waals surface area (Å²) < 4.78 is 56.5. The predicted octanol–water partition coefficient (Wildman–Crippen LogP) is 1.51. The maximum absolute atomic E-state index is 11.7. The van der Waals surface area contributed by atoms with E-state index in [2.05, 4.69) is 0 Å². The van der Waals surface area contributed by atoms with Gasteiger partial charge >= 0.3 is 6.18 Å². The molecular formula is C8H15F3O3S. The highest BCUT2D eigenvalue weighted by Gasteiger charge is 2.27. The monoisotopic (exact) mass is 248 g/mol. The van der Waals surface area contributed by atoms with Crippen molar-refractivity contribution in [2.24, 2.45) is 0 Å². The van der Waals surface area contributed by atoms with Gasteiger partial charge in [0.05, 0.1) is 6.10 Å². The van der Waals surface area contributed by atoms with Gasteiger partial charge in [0, 0.05) is 18.4 Å². The molecule has 0 spiro atoms. The first-order valence-corrected chi connectivity index (χ1v) is 6.59. The molecular weight excluding hydrogens is 233 g/mol. The van der Waals surface area contributed by atoms with Crippen LogP contribution in [0.2, 0.25) is 0 Å². The van der Waals surface area contributed by atoms with E-state index in [4.69, 9.17) is 5.11 Å². The summed E-state index contributed by atoms with van der Waals surface area (Å²) in [7, 11) is -3.10. The lowest BCUT2D eigenvalue weighted by atomic mass is 10.1. The zero-order valence-corrected chi connectivity index (χ0v) is 9.24. The molecule has 0 aromatic heterocycles. The third-order valence-corrected chi connectivity index (χ3v) is 2.84. The molecule has 0 aliphatic carbocycles. The summed E-state index contributed by atoms with van der Waals surface area (Å²) in [4.78, 5) is 0. The highest BCUT2D eigenvalue weighted by molar-refractivity contribution is 7.90. The molecule has 7 heteroatoms. The molecule has 0 aliphatic rings. The molecule has 0 aliphatic heterocycles. The van der Waals surface area contributed by atoms with Crippen molar-refractivity contribution in [1.29, 1.82) is 0 Å². The van der Waals surface area contributed by atoms with Crippen molar-refractivity contribution >= 4 is 9.84 Å². The molecule has 0 radical (unpaired) electrons. The van der Waals surface area contributed by atoms with Gasteiger partial charge in [-0.2, -0.15) is 13.2 Å². The average Bonchev–Trinajstić information content (AvgIpc) is 1.97. The SMILES string of the molecule is CS(=O)(=O)CCCC(O)CCC(F)(F)F. The first kappa shape index (κ1) is 14.7. The summed E-state index contributed by atoms with van der Waals surface area (Å²) in [6, 6.07) is 0. The van der Waals surface area contributed by atoms with Crippen molar-refractivity contribution in [3.63, 3.8) is 0 Å². The maximum atomic E-state index is 11.7. The van der Waals surface area contributed by atoms with E-state index in [1.807, 2.05) is 0 Å². The number of hydrogen-bond donors (Lipinski definition) is 1. The van der Waals surface area contributed by atoms with E-state index in [1.54, 1.807) is 0 Å². The number of hydrogen-bond acceptors (Lipinski definition) is 3. The van der Waals surface area contributed by atoms with Crippen LogP contribution in [0, 0.1) is 0 Å². The van der Waals surface area contributed by atoms with E-state index in [1.165, 1.54) is 0 Å². The number of aliphatic hydroxyl groups excluding tert-OH is 1. The van der Waals surface area contributed by atoms with Crippen molar-refractivity contribution in [3.8, 4) is 0 Å². The van der Waals surface area contributed by atoms with E-state index in [-0.39, 0.29) is 25.0 Å². The topological polar surface area (TPSA) is 54.4 Å². The van der Waals surface area contributed by atoms with Gasteiger partial charge in [0.15, 0.2) is 0 Å². The Balaban J connectivity index is 3.63. The van der Waals surface area contributed by atoms with Crippen LogP contribution >= 0.6 is 0 Å². The molecule has 0 bridgehead atoms. The molecule has 1 atom stereocenters. The smallest absolute Gasteiger partial charge is 0.389 e. The minimum atomic E-state index is -4.27. The van der Waals surface area contributed by atoms with Crippen LogP contribution in [0.25, 0.3) is 0 Å². The van der Waals surface area contributed by atoms with Crippen molar-refractivity contribution in [2.75, 3.05) is 12.0 Å². The van der Waals surface area contributed by atoms with Crippen LogP contribution in [-0.2, 0) is 9.84 Å². The Morgan fingerprint density at radius 3 is 2.20 bits per heavy atom. The van der Waals surface area contributed by atoms with Crippen molar-refractivity contribution < 1.29 is 26.7 Å². The fourth-order valence-corrected chi connectivity index (χ4v) is 1.75. The number of rotatable bonds is 6. The van der Waals surface area contributed by atoms with Crippen molar-refractivity contribution in [1.82, 2.24) is 0 Å². The van der Waals surface area contributed by atoms with Crippen molar-refractivity contribution in [2.45, 2.75) is 38.0 Å². The van der Waals surface area contributed by atoms with Gasteiger partial charge in [-0.1, -0.05) is 0 Å². The fourth-order valence-electron chi connectivity index (χ4n) is 1.06. The molecule has 0 rings (SSSR count). The quantitative estimate of drug-likeness (QED) is 0.775. The zero-order chi connectivity index (χ0) is 12.1. The molecule has 0 aromatic rings. The molecule has 0 amide bonds. The van der Waals surface area contributed by atoms with E-state index in [0.717, 1.165) is 6.26 Å². The Labute approximate surface area is 87.2 Å². The summed E-state index contributed by atoms with van der Waals surface area (Å²) in [5.74, 6) is -0.101. The Kier molecular flexibility index (Phi) is 5.58. The predicted molar refractivity (Wildman–Crippen MR) is 50.2 cm³/mol. The molecule has 0 fully saturated rings. The van der Waals surface area contributed by atoms with Gasteiger partial charge in [0.2, 0.25) is 0 Å². The molecule has 0 aromatic carbocycles. The van der Waals surface area contributed by atoms with Crippen LogP contribution in [0.3, 0.4) is 0 Å². The Bertz CT molecular complexity index is 271. The van der Waals surface area contributed by atoms with Crippen LogP contribution < -0.4 is 0 Å². The van der Waals surface area contributed by atoms with Crippen LogP contribution in [0.5, 0.6) is 0 Å². The van der Waals surface area contributed by atoms with Crippen LogP contribution in [0.15, 0.2) is 0 Å². The molecule has 15 heavy (non-hydrogen) atoms. The van der Waals surface area contributed by atoms with Gasteiger partial charge in [-0.05, 0) is 19.3 Å². The lowest BCUT2D eigenvalue weighted by Gasteiger charge is -2.11. The summed E-state index contributed by atoms with van der Waals surface area (Å²) >= 11 is 0. The first-order valence-electron chi connectivity index (χ1n) is 4.53. The molecule has 0 heterocycles. The standard InChI is InChI=1S/C8H15F3O3S/c1-15(13,14)6-2-3-7(12)4-5-8(9,10)11/h7,12H,2-6H2,1H3. The second-order valence-corrected chi connectivity index (χ2v) is 5.84. The van der Waals surface area contributed by atoms with Crippen molar-refractivity contribution in [3.05, 3.63) is 0 Å². The van der Waals surface area contributed by atoms with Gasteiger partial charge in [-0.25, -0.2) is 8.42 Å². The first-order chi connectivity index (χ1) is 6.60. The lowest BCUT2D eigenvalue weighted by Crippen LogP contribution is -2.15. The molecule has 3 nitrogen and oxygen atoms in total. The Morgan fingerprint density at radius 2 is 1.80 bits per heavy atom. The number of alkyl halides is 3. The van der Waals surface area contributed by atoms with E-state index < -0.39 is 28.5 Å². The fraction of sp³-hybridized carbons (Fsp3) is 1.00. The largest absolute Gasteiger partial charge is 0.393 e. The number of sulfone groups is 1. The van der Waals surface area contributed by atoms with E-state index in [9.17, 15) is 21.6 Å². The van der Waals surface area contributed by atoms with Gasteiger partial charge in [-0.15, -0.1) is 0 Å². The van der Waals surface area contributed by atoms with Gasteiger partial charge in [0.25, 0.3) is 0 Å². The van der Waals surface area contributed by atoms with Crippen LogP contribution in [0.1, 0.15) is 25.7 Å². The summed E-state index contributed by atoms with van der Waals surface area (Å²) in [6.45, 7) is 0. The normalized spacial score (nSPS) is 15.3. The van der Waals surface area contributed by atoms with E-state index in [0.29, 0.717) is 0 Å². The summed E-state index contributed by atoms with van der Waals surface area (Å²) in [6.07, 6.45) is -5.41. The van der Waals surface area contributed by atoms with E-state index >= 15 is 0 Å². The highest BCUT2D eigenvalue weighted by atomic mass is 32.2. The van der Waals surface area contributed by atoms with Gasteiger partial charge < -0.3 is 5.11 Å². The lowest BCUT2D eigenvalue weighted by molar-refractivity contribution is -0.140. The Morgan fingerprint density at radius 1 is 1.27 bits per heavy atom. The third kappa shape index (κ3) is 11.6. The Hall–Kier alpha value is -0.300. The minimum Gasteiger partial charge on any atom is -0.393 e. The second kappa shape index (κ2) is 5.69. The summed E-state index contributed by atoms with van der Waals surface area (Å²) in [5.41, 5.74) is 0. The molecule has 0 saturated carbocycles. The highest BCUT2D eigenvalue weighted by Crippen LogP contribution is 2.23. The number of halogens is 3. The van der Waals surface area contributed by atoms with Crippen LogP contribution in [0.4, 0.5) is 13.2 Å². The molecule has 92 valence electrons. The number of aliphatic hydroxyl groups is 1. The average molecular weight is 248 g/mol. The van der Waals surface area contributed by atoms with Gasteiger partial charge in [-0.3, -0.25) is 0 Å². The maximum Gasteiger partial charge on any atom is 0.389 e. The molecule has 1 N–H and O–H groups in total. The van der Waals surface area contributed by atoms with Gasteiger partial charge in [0.1, 0.15) is 9.84 Å². The minimum absolute atomic E-state index is 0.0865. The van der Waals surface area contributed by atoms with Crippen LogP contribution in [-0.4, -0.2) is 37.8 Å². The zero-order valence-electron chi connectivity index (χ0n) is 8.42. The second-order valence-electron chi connectivity index (χ2n) is 3.58. The summed E-state index contributed by atoms with van der Waals surface area (Å²) in [5, 5.41) is 9.11. The molecule has 1 unspecified atom stereocenters.